The molecule has 2 aromatic rings. The quantitative estimate of drug-likeness (QED) is 0.904. The molecule has 0 bridgehead atoms. The van der Waals surface area contributed by atoms with Crippen LogP contribution in [-0.4, -0.2) is 19.9 Å². The molecule has 6 heteroatoms. The van der Waals surface area contributed by atoms with Gasteiger partial charge in [-0.25, -0.2) is 18.4 Å². The lowest BCUT2D eigenvalue weighted by Gasteiger charge is -2.27. The number of aliphatic hydroxyl groups is 1. The Hall–Kier alpha value is -1.82. The Morgan fingerprint density at radius 2 is 2.17 bits per heavy atom. The van der Waals surface area contributed by atoms with E-state index < -0.39 is 17.2 Å². The maximum absolute atomic E-state index is 13.7. The highest BCUT2D eigenvalue weighted by Gasteiger charge is 2.31. The molecule has 0 aliphatic heterocycles. The van der Waals surface area contributed by atoms with Gasteiger partial charge in [0.1, 0.15) is 29.9 Å². The maximum atomic E-state index is 13.7. The van der Waals surface area contributed by atoms with Crippen molar-refractivity contribution in [3.05, 3.63) is 48.1 Å². The molecule has 1 heterocycles. The van der Waals surface area contributed by atoms with Crippen molar-refractivity contribution < 1.29 is 13.9 Å². The zero-order valence-corrected chi connectivity index (χ0v) is 9.85. The van der Waals surface area contributed by atoms with Crippen molar-refractivity contribution in [1.82, 2.24) is 14.8 Å². The zero-order valence-electron chi connectivity index (χ0n) is 9.85. The van der Waals surface area contributed by atoms with Gasteiger partial charge in [0.05, 0.1) is 6.54 Å². The first-order valence-electron chi connectivity index (χ1n) is 5.55. The summed E-state index contributed by atoms with van der Waals surface area (Å²) < 4.78 is 28.0. The number of hydrogen-bond acceptors (Lipinski definition) is 3. The molecule has 1 aromatic carbocycles. The summed E-state index contributed by atoms with van der Waals surface area (Å²) in [6, 6.07) is 3.14. The summed E-state index contributed by atoms with van der Waals surface area (Å²) in [5.41, 5.74) is -1.38. The SMILES string of the molecule is CC[C@](O)(Cn1cncn1)c1ccc(F)cc1F. The van der Waals surface area contributed by atoms with Crippen LogP contribution in [-0.2, 0) is 12.1 Å². The van der Waals surface area contributed by atoms with Gasteiger partial charge in [-0.2, -0.15) is 5.10 Å². The fraction of sp³-hybridized carbons (Fsp3) is 0.333. The van der Waals surface area contributed by atoms with Crippen LogP contribution in [0.4, 0.5) is 8.78 Å². The fourth-order valence-corrected chi connectivity index (χ4v) is 1.84. The molecule has 4 nitrogen and oxygen atoms in total. The standard InChI is InChI=1S/C12H13F2N3O/c1-2-12(18,6-17-8-15-7-16-17)10-4-3-9(13)5-11(10)14/h3-5,7-8,18H,2,6H2,1H3/t12-/m0/s1. The van der Waals surface area contributed by atoms with E-state index in [-0.39, 0.29) is 18.5 Å². The van der Waals surface area contributed by atoms with Crippen LogP contribution in [0.1, 0.15) is 18.9 Å². The summed E-state index contributed by atoms with van der Waals surface area (Å²) in [4.78, 5) is 3.76. The predicted molar refractivity (Wildman–Crippen MR) is 60.6 cm³/mol. The lowest BCUT2D eigenvalue weighted by molar-refractivity contribution is 0.00757. The van der Waals surface area contributed by atoms with Crippen molar-refractivity contribution in [3.8, 4) is 0 Å². The molecule has 1 N–H and O–H groups in total. The van der Waals surface area contributed by atoms with Gasteiger partial charge in [-0.1, -0.05) is 13.0 Å². The molecule has 0 fully saturated rings. The third-order valence-electron chi connectivity index (χ3n) is 2.91. The molecule has 0 radical (unpaired) electrons. The van der Waals surface area contributed by atoms with Crippen LogP contribution < -0.4 is 0 Å². The van der Waals surface area contributed by atoms with Crippen molar-refractivity contribution in [2.45, 2.75) is 25.5 Å². The third-order valence-corrected chi connectivity index (χ3v) is 2.91. The van der Waals surface area contributed by atoms with Crippen LogP contribution >= 0.6 is 0 Å². The Morgan fingerprint density at radius 3 is 2.72 bits per heavy atom. The van der Waals surface area contributed by atoms with Crippen molar-refractivity contribution in [1.29, 1.82) is 0 Å². The molecule has 96 valence electrons. The molecule has 1 atom stereocenters. The summed E-state index contributed by atoms with van der Waals surface area (Å²) in [7, 11) is 0. The first kappa shape index (κ1) is 12.6. The van der Waals surface area contributed by atoms with E-state index in [9.17, 15) is 13.9 Å². The van der Waals surface area contributed by atoms with Crippen LogP contribution in [0.3, 0.4) is 0 Å². The molecule has 0 spiro atoms. The van der Waals surface area contributed by atoms with Crippen LogP contribution in [0.25, 0.3) is 0 Å². The van der Waals surface area contributed by atoms with Gasteiger partial charge in [0.15, 0.2) is 0 Å². The summed E-state index contributed by atoms with van der Waals surface area (Å²) in [6.45, 7) is 1.78. The number of nitrogens with zero attached hydrogens (tertiary/aromatic N) is 3. The molecule has 0 unspecified atom stereocenters. The maximum Gasteiger partial charge on any atom is 0.137 e. The van der Waals surface area contributed by atoms with E-state index in [4.69, 9.17) is 0 Å². The summed E-state index contributed by atoms with van der Waals surface area (Å²) in [5, 5.41) is 14.4. The minimum Gasteiger partial charge on any atom is -0.383 e. The number of benzene rings is 1. The summed E-state index contributed by atoms with van der Waals surface area (Å²) in [6.07, 6.45) is 3.04. The second-order valence-electron chi connectivity index (χ2n) is 4.10. The highest BCUT2D eigenvalue weighted by Crippen LogP contribution is 2.29. The normalized spacial score (nSPS) is 14.4. The van der Waals surface area contributed by atoms with Gasteiger partial charge in [0.2, 0.25) is 0 Å². The minimum atomic E-state index is -1.44. The van der Waals surface area contributed by atoms with E-state index in [0.717, 1.165) is 12.1 Å². The molecule has 0 aliphatic rings. The number of halogens is 2. The average Bonchev–Trinajstić information content (AvgIpc) is 2.81. The summed E-state index contributed by atoms with van der Waals surface area (Å²) in [5.74, 6) is -1.44. The van der Waals surface area contributed by atoms with Gasteiger partial charge in [0, 0.05) is 11.6 Å². The van der Waals surface area contributed by atoms with Crippen LogP contribution in [0, 0.1) is 11.6 Å². The van der Waals surface area contributed by atoms with Crippen molar-refractivity contribution in [2.24, 2.45) is 0 Å². The molecular weight excluding hydrogens is 240 g/mol. The number of hydrogen-bond donors (Lipinski definition) is 1. The Kier molecular flexibility index (Phi) is 3.38. The molecule has 0 saturated heterocycles. The second-order valence-corrected chi connectivity index (χ2v) is 4.10. The van der Waals surface area contributed by atoms with E-state index in [2.05, 4.69) is 10.1 Å². The highest BCUT2D eigenvalue weighted by atomic mass is 19.1. The van der Waals surface area contributed by atoms with Crippen molar-refractivity contribution in [3.63, 3.8) is 0 Å². The lowest BCUT2D eigenvalue weighted by atomic mass is 9.90. The average molecular weight is 253 g/mol. The van der Waals surface area contributed by atoms with Crippen LogP contribution in [0.5, 0.6) is 0 Å². The van der Waals surface area contributed by atoms with Gasteiger partial charge in [0.25, 0.3) is 0 Å². The predicted octanol–water partition coefficient (Wildman–Crippen LogP) is 1.85. The summed E-state index contributed by atoms with van der Waals surface area (Å²) >= 11 is 0. The highest BCUT2D eigenvalue weighted by molar-refractivity contribution is 5.24. The lowest BCUT2D eigenvalue weighted by Crippen LogP contribution is -2.32. The van der Waals surface area contributed by atoms with Crippen LogP contribution in [0.2, 0.25) is 0 Å². The Labute approximate surface area is 103 Å². The van der Waals surface area contributed by atoms with Gasteiger partial charge in [-0.15, -0.1) is 0 Å². The first-order valence-corrected chi connectivity index (χ1v) is 5.55. The van der Waals surface area contributed by atoms with Gasteiger partial charge in [-0.05, 0) is 12.5 Å². The fourth-order valence-electron chi connectivity index (χ4n) is 1.84. The van der Waals surface area contributed by atoms with Crippen molar-refractivity contribution in [2.75, 3.05) is 0 Å². The van der Waals surface area contributed by atoms with Gasteiger partial charge >= 0.3 is 0 Å². The molecular formula is C12H13F2N3O. The van der Waals surface area contributed by atoms with Crippen LogP contribution in [0.15, 0.2) is 30.9 Å². The first-order chi connectivity index (χ1) is 8.55. The van der Waals surface area contributed by atoms with Crippen molar-refractivity contribution >= 4 is 0 Å². The smallest absolute Gasteiger partial charge is 0.137 e. The Bertz CT molecular complexity index is 530. The second kappa shape index (κ2) is 4.81. The largest absolute Gasteiger partial charge is 0.383 e. The molecule has 0 saturated carbocycles. The third kappa shape index (κ3) is 2.38. The van der Waals surface area contributed by atoms with Gasteiger partial charge < -0.3 is 5.11 Å². The van der Waals surface area contributed by atoms with E-state index in [0.29, 0.717) is 0 Å². The zero-order chi connectivity index (χ0) is 13.2. The monoisotopic (exact) mass is 253 g/mol. The number of aromatic nitrogens is 3. The topological polar surface area (TPSA) is 50.9 Å². The molecule has 18 heavy (non-hydrogen) atoms. The molecule has 2 rings (SSSR count). The minimum absolute atomic E-state index is 0.0573. The van der Waals surface area contributed by atoms with E-state index in [1.54, 1.807) is 6.92 Å². The molecule has 0 amide bonds. The van der Waals surface area contributed by atoms with Gasteiger partial charge in [-0.3, -0.25) is 0 Å². The van der Waals surface area contributed by atoms with E-state index in [1.807, 2.05) is 0 Å². The molecule has 1 aromatic heterocycles. The number of rotatable bonds is 4. The van der Waals surface area contributed by atoms with E-state index in [1.165, 1.54) is 23.4 Å². The molecule has 0 aliphatic carbocycles. The Balaban J connectivity index is 2.36. The Morgan fingerprint density at radius 1 is 1.39 bits per heavy atom. The van der Waals surface area contributed by atoms with E-state index >= 15 is 0 Å².